The molecule has 2 heterocycles. The third-order valence-corrected chi connectivity index (χ3v) is 7.02. The summed E-state index contributed by atoms with van der Waals surface area (Å²) >= 11 is 0. The topological polar surface area (TPSA) is 88.2 Å². The Bertz CT molecular complexity index is 1120. The van der Waals surface area contributed by atoms with Crippen LogP contribution >= 0.6 is 0 Å². The van der Waals surface area contributed by atoms with Crippen molar-refractivity contribution in [2.45, 2.75) is 39.5 Å². The van der Waals surface area contributed by atoms with Gasteiger partial charge in [-0.25, -0.2) is 13.4 Å². The van der Waals surface area contributed by atoms with Crippen molar-refractivity contribution >= 4 is 21.8 Å². The smallest absolute Gasteiger partial charge is 0.326 e. The van der Waals surface area contributed by atoms with Gasteiger partial charge in [0.1, 0.15) is 24.6 Å². The molecule has 1 amide bonds. The van der Waals surface area contributed by atoms with Crippen LogP contribution in [0.2, 0.25) is 0 Å². The molecule has 2 aromatic carbocycles. The molecule has 1 saturated heterocycles. The first-order chi connectivity index (χ1) is 15.7. The van der Waals surface area contributed by atoms with Crippen LogP contribution in [0, 0.1) is 5.82 Å². The third-order valence-electron chi connectivity index (χ3n) is 5.64. The molecule has 8 nitrogen and oxygen atoms in total. The molecule has 2 aromatic rings. The van der Waals surface area contributed by atoms with Gasteiger partial charge in [0, 0.05) is 25.2 Å². The van der Waals surface area contributed by atoms with Gasteiger partial charge in [0.2, 0.25) is 0 Å². The molecule has 0 aliphatic carbocycles. The van der Waals surface area contributed by atoms with Crippen molar-refractivity contribution in [3.63, 3.8) is 0 Å². The minimum atomic E-state index is -4.20. The lowest BCUT2D eigenvalue weighted by atomic mass is 9.97. The predicted molar refractivity (Wildman–Crippen MR) is 122 cm³/mol. The molecule has 10 heteroatoms. The van der Waals surface area contributed by atoms with Gasteiger partial charge in [-0.05, 0) is 37.5 Å². The summed E-state index contributed by atoms with van der Waals surface area (Å²) in [6.45, 7) is 5.78. The van der Waals surface area contributed by atoms with E-state index in [1.807, 2.05) is 48.9 Å². The number of nitrogens with zero attached hydrogens (tertiary/aromatic N) is 2. The zero-order valence-electron chi connectivity index (χ0n) is 18.7. The highest BCUT2D eigenvalue weighted by Crippen LogP contribution is 2.40. The second kappa shape index (κ2) is 9.66. The Kier molecular flexibility index (Phi) is 6.87. The molecule has 0 saturated carbocycles. The first-order valence-electron chi connectivity index (χ1n) is 10.9. The van der Waals surface area contributed by atoms with Gasteiger partial charge in [-0.3, -0.25) is 9.69 Å². The van der Waals surface area contributed by atoms with Gasteiger partial charge < -0.3 is 9.47 Å². The maximum Gasteiger partial charge on any atom is 0.326 e. The van der Waals surface area contributed by atoms with Gasteiger partial charge in [-0.2, -0.15) is 8.42 Å². The van der Waals surface area contributed by atoms with Crippen molar-refractivity contribution in [3.05, 3.63) is 58.9 Å². The number of hydrogen-bond acceptors (Lipinski definition) is 6. The Morgan fingerprint density at radius 3 is 2.61 bits per heavy atom. The number of ether oxygens (including phenoxy) is 2. The number of benzene rings is 2. The monoisotopic (exact) mass is 477 g/mol. The summed E-state index contributed by atoms with van der Waals surface area (Å²) < 4.78 is 55.2. The molecule has 4 rings (SSSR count). The SMILES string of the molecule is CC(C)OCCN1CCc2cc(OCc3ccccc3)c(N3CC(=O)NS3(=O)=O)c(F)c2C1. The number of carbonyl (C=O) groups excluding carboxylic acids is 1. The summed E-state index contributed by atoms with van der Waals surface area (Å²) in [6, 6.07) is 11.0. The number of rotatable bonds is 8. The van der Waals surface area contributed by atoms with E-state index in [2.05, 4.69) is 4.90 Å². The molecule has 2 aliphatic rings. The standard InChI is InChI=1S/C23H28FN3O5S/c1-16(2)31-11-10-26-9-8-18-12-20(32-15-17-6-4-3-5-7-17)23(22(24)19(18)13-26)27-14-21(28)25-33(27,29)30/h3-7,12,16H,8-11,13-15H2,1-2H3,(H,25,28). The van der Waals surface area contributed by atoms with E-state index in [1.54, 1.807) is 6.07 Å². The van der Waals surface area contributed by atoms with E-state index in [0.29, 0.717) is 31.7 Å². The number of carbonyl (C=O) groups is 1. The van der Waals surface area contributed by atoms with E-state index in [-0.39, 0.29) is 24.1 Å². The molecule has 1 fully saturated rings. The number of nitrogens with one attached hydrogen (secondary N) is 1. The molecule has 0 aromatic heterocycles. The van der Waals surface area contributed by atoms with Gasteiger partial charge in [0.05, 0.1) is 12.7 Å². The van der Waals surface area contributed by atoms with Crippen LogP contribution < -0.4 is 13.8 Å². The molecule has 178 valence electrons. The Labute approximate surface area is 193 Å². The minimum Gasteiger partial charge on any atom is -0.487 e. The molecule has 0 radical (unpaired) electrons. The molecule has 2 aliphatic heterocycles. The van der Waals surface area contributed by atoms with Crippen molar-refractivity contribution < 1.29 is 27.1 Å². The summed E-state index contributed by atoms with van der Waals surface area (Å²) in [7, 11) is -4.20. The zero-order chi connectivity index (χ0) is 23.6. The van der Waals surface area contributed by atoms with Crippen molar-refractivity contribution in [3.8, 4) is 5.75 Å². The van der Waals surface area contributed by atoms with Gasteiger partial charge in [-0.1, -0.05) is 30.3 Å². The van der Waals surface area contributed by atoms with Crippen LogP contribution in [0.4, 0.5) is 10.1 Å². The van der Waals surface area contributed by atoms with Crippen LogP contribution in [0.5, 0.6) is 5.75 Å². The lowest BCUT2D eigenvalue weighted by molar-refractivity contribution is -0.117. The van der Waals surface area contributed by atoms with E-state index >= 15 is 4.39 Å². The normalized spacial score (nSPS) is 17.8. The van der Waals surface area contributed by atoms with Gasteiger partial charge in [0.25, 0.3) is 5.91 Å². The van der Waals surface area contributed by atoms with Crippen LogP contribution in [0.25, 0.3) is 0 Å². The average molecular weight is 478 g/mol. The molecule has 33 heavy (non-hydrogen) atoms. The maximum atomic E-state index is 15.9. The van der Waals surface area contributed by atoms with Crippen molar-refractivity contribution in [2.75, 3.05) is 30.5 Å². The fourth-order valence-corrected chi connectivity index (χ4v) is 5.17. The van der Waals surface area contributed by atoms with Crippen LogP contribution in [-0.4, -0.2) is 51.6 Å². The van der Waals surface area contributed by atoms with Gasteiger partial charge >= 0.3 is 10.2 Å². The van der Waals surface area contributed by atoms with E-state index in [9.17, 15) is 13.2 Å². The summed E-state index contributed by atoms with van der Waals surface area (Å²) in [6.07, 6.45) is 0.708. The molecule has 0 unspecified atom stereocenters. The summed E-state index contributed by atoms with van der Waals surface area (Å²) in [5.41, 5.74) is 1.82. The largest absolute Gasteiger partial charge is 0.487 e. The average Bonchev–Trinajstić information content (AvgIpc) is 3.04. The Hall–Kier alpha value is -2.69. The highest BCUT2D eigenvalue weighted by atomic mass is 32.2. The van der Waals surface area contributed by atoms with Gasteiger partial charge in [0.15, 0.2) is 5.82 Å². The zero-order valence-corrected chi connectivity index (χ0v) is 19.5. The molecular formula is C23H28FN3O5S. The van der Waals surface area contributed by atoms with Crippen LogP contribution in [0.3, 0.4) is 0 Å². The fourth-order valence-electron chi connectivity index (χ4n) is 4.01. The quantitative estimate of drug-likeness (QED) is 0.628. The number of halogens is 1. The summed E-state index contributed by atoms with van der Waals surface area (Å²) in [5, 5.41) is 0. The molecule has 0 bridgehead atoms. The minimum absolute atomic E-state index is 0.103. The third kappa shape index (κ3) is 5.29. The maximum absolute atomic E-state index is 15.9. The van der Waals surface area contributed by atoms with Crippen molar-refractivity contribution in [2.24, 2.45) is 0 Å². The van der Waals surface area contributed by atoms with E-state index in [1.165, 1.54) is 0 Å². The van der Waals surface area contributed by atoms with E-state index in [0.717, 1.165) is 22.0 Å². The molecule has 1 N–H and O–H groups in total. The van der Waals surface area contributed by atoms with E-state index in [4.69, 9.17) is 9.47 Å². The first kappa shape index (κ1) is 23.5. The number of anilines is 1. The Morgan fingerprint density at radius 1 is 1.18 bits per heavy atom. The van der Waals surface area contributed by atoms with Crippen LogP contribution in [-0.2, 0) is 39.3 Å². The Balaban J connectivity index is 1.67. The lowest BCUT2D eigenvalue weighted by Gasteiger charge is -2.31. The summed E-state index contributed by atoms with van der Waals surface area (Å²) in [4.78, 5) is 13.9. The summed E-state index contributed by atoms with van der Waals surface area (Å²) in [5.74, 6) is -1.29. The molecular weight excluding hydrogens is 449 g/mol. The van der Waals surface area contributed by atoms with Crippen LogP contribution in [0.15, 0.2) is 36.4 Å². The Morgan fingerprint density at radius 2 is 1.94 bits per heavy atom. The van der Waals surface area contributed by atoms with Gasteiger partial charge in [-0.15, -0.1) is 0 Å². The first-order valence-corrected chi connectivity index (χ1v) is 12.4. The van der Waals surface area contributed by atoms with Crippen LogP contribution in [0.1, 0.15) is 30.5 Å². The number of fused-ring (bicyclic) bond motifs is 1. The molecule has 0 atom stereocenters. The molecule has 0 spiro atoms. The fraction of sp³-hybridized carbons (Fsp3) is 0.435. The van der Waals surface area contributed by atoms with Crippen molar-refractivity contribution in [1.29, 1.82) is 0 Å². The second-order valence-electron chi connectivity index (χ2n) is 8.43. The highest BCUT2D eigenvalue weighted by molar-refractivity contribution is 7.92. The highest BCUT2D eigenvalue weighted by Gasteiger charge is 2.39. The lowest BCUT2D eigenvalue weighted by Crippen LogP contribution is -2.35. The second-order valence-corrected chi connectivity index (χ2v) is 10.0. The number of hydrogen-bond donors (Lipinski definition) is 1. The predicted octanol–water partition coefficient (Wildman–Crippen LogP) is 2.37. The van der Waals surface area contributed by atoms with E-state index < -0.39 is 28.5 Å². The van der Waals surface area contributed by atoms with Crippen molar-refractivity contribution in [1.82, 2.24) is 9.62 Å². The number of amides is 1.